The van der Waals surface area contributed by atoms with Crippen LogP contribution >= 0.6 is 0 Å². The van der Waals surface area contributed by atoms with E-state index in [1.165, 1.54) is 0 Å². The van der Waals surface area contributed by atoms with Crippen molar-refractivity contribution >= 4 is 23.0 Å². The Kier molecular flexibility index (Phi) is 2.83. The van der Waals surface area contributed by atoms with E-state index in [9.17, 15) is 4.79 Å². The Balaban J connectivity index is 2.07. The molecule has 2 aromatic carbocycles. The SMILES string of the molecule is COc1ccc2c(c1)NC(=O)CN2c1ccccc1. The molecular formula is C15H14N2O2. The van der Waals surface area contributed by atoms with Crippen molar-refractivity contribution in [2.45, 2.75) is 0 Å². The highest BCUT2D eigenvalue weighted by molar-refractivity contribution is 6.03. The Hall–Kier alpha value is -2.49. The zero-order chi connectivity index (χ0) is 13.2. The van der Waals surface area contributed by atoms with Crippen LogP contribution in [0.25, 0.3) is 0 Å². The van der Waals surface area contributed by atoms with Crippen LogP contribution in [0.1, 0.15) is 0 Å². The Morgan fingerprint density at radius 2 is 1.95 bits per heavy atom. The van der Waals surface area contributed by atoms with Crippen molar-refractivity contribution in [3.05, 3.63) is 48.5 Å². The molecule has 96 valence electrons. The summed E-state index contributed by atoms with van der Waals surface area (Å²) >= 11 is 0. The molecule has 0 spiro atoms. The van der Waals surface area contributed by atoms with E-state index >= 15 is 0 Å². The maximum absolute atomic E-state index is 11.8. The fourth-order valence-electron chi connectivity index (χ4n) is 2.23. The summed E-state index contributed by atoms with van der Waals surface area (Å²) in [5.41, 5.74) is 2.76. The number of para-hydroxylation sites is 1. The number of amides is 1. The van der Waals surface area contributed by atoms with Gasteiger partial charge in [-0.05, 0) is 24.3 Å². The molecule has 1 amide bonds. The van der Waals surface area contributed by atoms with E-state index in [1.807, 2.05) is 53.4 Å². The Bertz CT molecular complexity index is 611. The number of ether oxygens (including phenoxy) is 1. The van der Waals surface area contributed by atoms with Gasteiger partial charge in [0.2, 0.25) is 5.91 Å². The van der Waals surface area contributed by atoms with Gasteiger partial charge in [0.25, 0.3) is 0 Å². The Morgan fingerprint density at radius 1 is 1.16 bits per heavy atom. The molecule has 1 heterocycles. The molecule has 0 bridgehead atoms. The van der Waals surface area contributed by atoms with E-state index in [0.717, 1.165) is 22.8 Å². The minimum Gasteiger partial charge on any atom is -0.497 e. The summed E-state index contributed by atoms with van der Waals surface area (Å²) in [6, 6.07) is 15.6. The normalized spacial score (nSPS) is 13.7. The summed E-state index contributed by atoms with van der Waals surface area (Å²) in [5.74, 6) is 0.707. The summed E-state index contributed by atoms with van der Waals surface area (Å²) in [7, 11) is 1.61. The summed E-state index contributed by atoms with van der Waals surface area (Å²) in [4.78, 5) is 13.8. The molecule has 1 N–H and O–H groups in total. The highest BCUT2D eigenvalue weighted by Gasteiger charge is 2.23. The highest BCUT2D eigenvalue weighted by Crippen LogP contribution is 2.36. The van der Waals surface area contributed by atoms with Gasteiger partial charge >= 0.3 is 0 Å². The molecule has 19 heavy (non-hydrogen) atoms. The third-order valence-electron chi connectivity index (χ3n) is 3.14. The standard InChI is InChI=1S/C15H14N2O2/c1-19-12-7-8-14-13(9-12)16-15(18)10-17(14)11-5-3-2-4-6-11/h2-9H,10H2,1H3,(H,16,18). The molecule has 0 aliphatic carbocycles. The van der Waals surface area contributed by atoms with Crippen LogP contribution in [0, 0.1) is 0 Å². The lowest BCUT2D eigenvalue weighted by molar-refractivity contribution is -0.115. The van der Waals surface area contributed by atoms with Crippen molar-refractivity contribution in [2.75, 3.05) is 23.9 Å². The number of nitrogens with one attached hydrogen (secondary N) is 1. The van der Waals surface area contributed by atoms with Gasteiger partial charge < -0.3 is 15.0 Å². The number of anilines is 3. The predicted molar refractivity (Wildman–Crippen MR) is 75.1 cm³/mol. The fraction of sp³-hybridized carbons (Fsp3) is 0.133. The molecule has 0 fully saturated rings. The first-order valence-corrected chi connectivity index (χ1v) is 6.08. The first kappa shape index (κ1) is 11.6. The predicted octanol–water partition coefficient (Wildman–Crippen LogP) is 2.79. The van der Waals surface area contributed by atoms with Gasteiger partial charge in [-0.15, -0.1) is 0 Å². The van der Waals surface area contributed by atoms with Crippen molar-refractivity contribution < 1.29 is 9.53 Å². The fourth-order valence-corrected chi connectivity index (χ4v) is 2.23. The molecule has 0 saturated heterocycles. The largest absolute Gasteiger partial charge is 0.497 e. The number of fused-ring (bicyclic) bond motifs is 1. The van der Waals surface area contributed by atoms with Crippen LogP contribution in [0.5, 0.6) is 5.75 Å². The molecule has 3 rings (SSSR count). The summed E-state index contributed by atoms with van der Waals surface area (Å²) in [5, 5.41) is 2.87. The van der Waals surface area contributed by atoms with Crippen LogP contribution < -0.4 is 15.0 Å². The van der Waals surface area contributed by atoms with Gasteiger partial charge in [-0.25, -0.2) is 0 Å². The van der Waals surface area contributed by atoms with Crippen LogP contribution in [0.4, 0.5) is 17.1 Å². The molecule has 0 aromatic heterocycles. The maximum atomic E-state index is 11.8. The van der Waals surface area contributed by atoms with E-state index in [2.05, 4.69) is 5.32 Å². The number of hydrogen-bond acceptors (Lipinski definition) is 3. The van der Waals surface area contributed by atoms with Crippen molar-refractivity contribution in [2.24, 2.45) is 0 Å². The van der Waals surface area contributed by atoms with Gasteiger partial charge in [-0.1, -0.05) is 18.2 Å². The monoisotopic (exact) mass is 254 g/mol. The van der Waals surface area contributed by atoms with Gasteiger partial charge in [-0.3, -0.25) is 4.79 Å². The summed E-state index contributed by atoms with van der Waals surface area (Å²) in [6.07, 6.45) is 0. The molecule has 0 atom stereocenters. The van der Waals surface area contributed by atoms with E-state index in [-0.39, 0.29) is 5.91 Å². The first-order valence-electron chi connectivity index (χ1n) is 6.08. The summed E-state index contributed by atoms with van der Waals surface area (Å²) < 4.78 is 5.19. The zero-order valence-corrected chi connectivity index (χ0v) is 10.6. The average Bonchev–Trinajstić information content (AvgIpc) is 2.46. The second-order valence-electron chi connectivity index (χ2n) is 4.35. The molecule has 1 aliphatic rings. The van der Waals surface area contributed by atoms with Crippen LogP contribution in [0.3, 0.4) is 0 Å². The van der Waals surface area contributed by atoms with Gasteiger partial charge in [-0.2, -0.15) is 0 Å². The number of methoxy groups -OCH3 is 1. The van der Waals surface area contributed by atoms with E-state index in [0.29, 0.717) is 6.54 Å². The topological polar surface area (TPSA) is 41.6 Å². The number of carbonyl (C=O) groups excluding carboxylic acids is 1. The minimum atomic E-state index is -0.0235. The van der Waals surface area contributed by atoms with Crippen molar-refractivity contribution in [1.82, 2.24) is 0 Å². The summed E-state index contributed by atoms with van der Waals surface area (Å²) in [6.45, 7) is 0.323. The van der Waals surface area contributed by atoms with Gasteiger partial charge in [0, 0.05) is 11.8 Å². The number of hydrogen-bond donors (Lipinski definition) is 1. The molecule has 2 aromatic rings. The van der Waals surface area contributed by atoms with Gasteiger partial charge in [0.05, 0.1) is 18.5 Å². The van der Waals surface area contributed by atoms with Crippen LogP contribution in [0.15, 0.2) is 48.5 Å². The molecule has 0 unspecified atom stereocenters. The van der Waals surface area contributed by atoms with Crippen LogP contribution in [-0.4, -0.2) is 19.6 Å². The second kappa shape index (κ2) is 4.65. The van der Waals surface area contributed by atoms with Crippen molar-refractivity contribution in [3.8, 4) is 5.75 Å². The Labute approximate surface area is 111 Å². The first-order chi connectivity index (χ1) is 9.28. The molecule has 4 nitrogen and oxygen atoms in total. The zero-order valence-electron chi connectivity index (χ0n) is 10.6. The molecule has 0 saturated carbocycles. The van der Waals surface area contributed by atoms with E-state index in [1.54, 1.807) is 7.11 Å². The third kappa shape index (κ3) is 2.12. The van der Waals surface area contributed by atoms with Crippen LogP contribution in [0.2, 0.25) is 0 Å². The average molecular weight is 254 g/mol. The lowest BCUT2D eigenvalue weighted by atomic mass is 10.1. The van der Waals surface area contributed by atoms with Crippen LogP contribution in [-0.2, 0) is 4.79 Å². The van der Waals surface area contributed by atoms with Crippen molar-refractivity contribution in [1.29, 1.82) is 0 Å². The van der Waals surface area contributed by atoms with E-state index in [4.69, 9.17) is 4.74 Å². The number of benzene rings is 2. The highest BCUT2D eigenvalue weighted by atomic mass is 16.5. The van der Waals surface area contributed by atoms with Gasteiger partial charge in [0.15, 0.2) is 0 Å². The smallest absolute Gasteiger partial charge is 0.244 e. The minimum absolute atomic E-state index is 0.0235. The number of carbonyl (C=O) groups is 1. The number of rotatable bonds is 2. The lowest BCUT2D eigenvalue weighted by Crippen LogP contribution is -2.34. The lowest BCUT2D eigenvalue weighted by Gasteiger charge is -2.31. The van der Waals surface area contributed by atoms with E-state index < -0.39 is 0 Å². The third-order valence-corrected chi connectivity index (χ3v) is 3.14. The van der Waals surface area contributed by atoms with Gasteiger partial charge in [0.1, 0.15) is 12.3 Å². The number of nitrogens with zero attached hydrogens (tertiary/aromatic N) is 1. The van der Waals surface area contributed by atoms with Crippen molar-refractivity contribution in [3.63, 3.8) is 0 Å². The molecule has 4 heteroatoms. The Morgan fingerprint density at radius 3 is 2.68 bits per heavy atom. The maximum Gasteiger partial charge on any atom is 0.244 e. The quantitative estimate of drug-likeness (QED) is 0.896. The second-order valence-corrected chi connectivity index (χ2v) is 4.35. The molecule has 0 radical (unpaired) electrons. The molecular weight excluding hydrogens is 240 g/mol. The molecule has 1 aliphatic heterocycles.